The maximum atomic E-state index is 12.6. The molecule has 0 unspecified atom stereocenters. The number of nitrogens with one attached hydrogen (secondary N) is 2. The lowest BCUT2D eigenvalue weighted by Crippen LogP contribution is -2.41. The van der Waals surface area contributed by atoms with Crippen molar-refractivity contribution in [2.24, 2.45) is 0 Å². The van der Waals surface area contributed by atoms with Gasteiger partial charge in [-0.3, -0.25) is 14.5 Å². The van der Waals surface area contributed by atoms with E-state index in [0.717, 1.165) is 16.9 Å². The predicted molar refractivity (Wildman–Crippen MR) is 118 cm³/mol. The summed E-state index contributed by atoms with van der Waals surface area (Å²) in [5.74, 6) is 0.248. The molecule has 7 nitrogen and oxygen atoms in total. The first kappa shape index (κ1) is 21.3. The molecule has 0 aliphatic carbocycles. The fraction of sp³-hybridized carbons (Fsp3) is 0.261. The molecule has 0 saturated heterocycles. The molecule has 0 radical (unpaired) electrons. The Morgan fingerprint density at radius 1 is 0.967 bits per heavy atom. The number of hydrogen-bond donors (Lipinski definition) is 2. The molecule has 3 rings (SSSR count). The standard InChI is InChI=1S/C23H27N5O2/c1-17(2)24-22(29)15-27(3)16-23(30)25-21-14-20(18-10-6-4-7-11-18)26-28(21)19-12-8-5-9-13-19/h4-14,17H,15-16H2,1-3H3,(H,24,29)(H,25,30). The molecule has 156 valence electrons. The van der Waals surface area contributed by atoms with Gasteiger partial charge in [0, 0.05) is 17.7 Å². The highest BCUT2D eigenvalue weighted by Gasteiger charge is 2.16. The van der Waals surface area contributed by atoms with Gasteiger partial charge >= 0.3 is 0 Å². The van der Waals surface area contributed by atoms with E-state index < -0.39 is 0 Å². The van der Waals surface area contributed by atoms with Gasteiger partial charge in [0.1, 0.15) is 5.82 Å². The van der Waals surface area contributed by atoms with Crippen LogP contribution in [0.25, 0.3) is 16.9 Å². The topological polar surface area (TPSA) is 79.3 Å². The molecule has 0 aliphatic rings. The van der Waals surface area contributed by atoms with Crippen molar-refractivity contribution in [3.63, 3.8) is 0 Å². The molecule has 2 N–H and O–H groups in total. The Kier molecular flexibility index (Phi) is 6.98. The molecule has 0 saturated carbocycles. The molecule has 0 atom stereocenters. The monoisotopic (exact) mass is 405 g/mol. The highest BCUT2D eigenvalue weighted by Crippen LogP contribution is 2.24. The minimum atomic E-state index is -0.216. The van der Waals surface area contributed by atoms with E-state index in [1.807, 2.05) is 80.6 Å². The van der Waals surface area contributed by atoms with E-state index in [1.165, 1.54) is 0 Å². The van der Waals surface area contributed by atoms with E-state index in [4.69, 9.17) is 0 Å². The van der Waals surface area contributed by atoms with Crippen molar-refractivity contribution < 1.29 is 9.59 Å². The summed E-state index contributed by atoms with van der Waals surface area (Å²) < 4.78 is 1.71. The fourth-order valence-corrected chi connectivity index (χ4v) is 3.08. The number of para-hydroxylation sites is 1. The summed E-state index contributed by atoms with van der Waals surface area (Å²) in [6.07, 6.45) is 0. The summed E-state index contributed by atoms with van der Waals surface area (Å²) in [7, 11) is 1.74. The molecule has 0 aliphatic heterocycles. The number of rotatable bonds is 8. The van der Waals surface area contributed by atoms with Crippen molar-refractivity contribution in [1.29, 1.82) is 0 Å². The van der Waals surface area contributed by atoms with Crippen LogP contribution in [0.2, 0.25) is 0 Å². The van der Waals surface area contributed by atoms with Crippen molar-refractivity contribution in [3.05, 3.63) is 66.7 Å². The molecular formula is C23H27N5O2. The third kappa shape index (κ3) is 5.78. The Hall–Kier alpha value is -3.45. The minimum Gasteiger partial charge on any atom is -0.353 e. The molecule has 30 heavy (non-hydrogen) atoms. The van der Waals surface area contributed by atoms with Gasteiger partial charge in [-0.15, -0.1) is 0 Å². The summed E-state index contributed by atoms with van der Waals surface area (Å²) in [6, 6.07) is 21.4. The van der Waals surface area contributed by atoms with Crippen LogP contribution in [0.4, 0.5) is 5.82 Å². The highest BCUT2D eigenvalue weighted by molar-refractivity contribution is 5.92. The van der Waals surface area contributed by atoms with Gasteiger partial charge in [0.05, 0.1) is 24.5 Å². The Labute approximate surface area is 176 Å². The molecule has 0 bridgehead atoms. The quantitative estimate of drug-likeness (QED) is 0.604. The largest absolute Gasteiger partial charge is 0.353 e. The second-order valence-corrected chi connectivity index (χ2v) is 7.47. The first-order chi connectivity index (χ1) is 14.4. The molecule has 2 amide bonds. The maximum absolute atomic E-state index is 12.6. The zero-order valence-corrected chi connectivity index (χ0v) is 17.5. The third-order valence-electron chi connectivity index (χ3n) is 4.32. The number of carbonyl (C=O) groups excluding carboxylic acids is 2. The van der Waals surface area contributed by atoms with Crippen LogP contribution >= 0.6 is 0 Å². The number of likely N-dealkylation sites (N-methyl/N-ethyl adjacent to an activating group) is 1. The summed E-state index contributed by atoms with van der Waals surface area (Å²) in [6.45, 7) is 4.05. The van der Waals surface area contributed by atoms with Crippen LogP contribution in [0, 0.1) is 0 Å². The van der Waals surface area contributed by atoms with E-state index in [9.17, 15) is 9.59 Å². The van der Waals surface area contributed by atoms with Gasteiger partial charge in [-0.05, 0) is 33.0 Å². The van der Waals surface area contributed by atoms with E-state index >= 15 is 0 Å². The zero-order valence-electron chi connectivity index (χ0n) is 17.5. The van der Waals surface area contributed by atoms with Gasteiger partial charge in [0.15, 0.2) is 0 Å². The van der Waals surface area contributed by atoms with Gasteiger partial charge in [-0.25, -0.2) is 4.68 Å². The van der Waals surface area contributed by atoms with Crippen LogP contribution in [-0.2, 0) is 9.59 Å². The average Bonchev–Trinajstić information content (AvgIpc) is 3.12. The summed E-state index contributed by atoms with van der Waals surface area (Å²) in [4.78, 5) is 26.2. The smallest absolute Gasteiger partial charge is 0.239 e. The predicted octanol–water partition coefficient (Wildman–Crippen LogP) is 2.93. The Morgan fingerprint density at radius 3 is 2.20 bits per heavy atom. The van der Waals surface area contributed by atoms with Crippen molar-refractivity contribution in [1.82, 2.24) is 20.0 Å². The van der Waals surface area contributed by atoms with Crippen molar-refractivity contribution in [2.75, 3.05) is 25.5 Å². The first-order valence-electron chi connectivity index (χ1n) is 9.91. The Morgan fingerprint density at radius 2 is 1.57 bits per heavy atom. The molecule has 1 aromatic heterocycles. The molecule has 0 spiro atoms. The normalized spacial score (nSPS) is 11.0. The van der Waals surface area contributed by atoms with E-state index in [0.29, 0.717) is 5.82 Å². The van der Waals surface area contributed by atoms with Crippen LogP contribution < -0.4 is 10.6 Å². The van der Waals surface area contributed by atoms with Crippen LogP contribution in [0.1, 0.15) is 13.8 Å². The molecular weight excluding hydrogens is 378 g/mol. The number of aromatic nitrogens is 2. The van der Waals surface area contributed by atoms with Crippen LogP contribution in [0.5, 0.6) is 0 Å². The average molecular weight is 406 g/mol. The molecule has 7 heteroatoms. The maximum Gasteiger partial charge on any atom is 0.239 e. The van der Waals surface area contributed by atoms with Crippen LogP contribution in [0.15, 0.2) is 66.7 Å². The number of benzene rings is 2. The summed E-state index contributed by atoms with van der Waals surface area (Å²) in [5.41, 5.74) is 2.57. The van der Waals surface area contributed by atoms with E-state index in [-0.39, 0.29) is 30.9 Å². The van der Waals surface area contributed by atoms with Crippen LogP contribution in [0.3, 0.4) is 0 Å². The van der Waals surface area contributed by atoms with Gasteiger partial charge in [0.25, 0.3) is 0 Å². The van der Waals surface area contributed by atoms with Crippen LogP contribution in [-0.4, -0.2) is 52.7 Å². The summed E-state index contributed by atoms with van der Waals surface area (Å²) in [5, 5.41) is 10.4. The van der Waals surface area contributed by atoms with Crippen molar-refractivity contribution in [3.8, 4) is 16.9 Å². The second-order valence-electron chi connectivity index (χ2n) is 7.47. The zero-order chi connectivity index (χ0) is 21.5. The number of nitrogens with zero attached hydrogens (tertiary/aromatic N) is 3. The Balaban J connectivity index is 1.76. The lowest BCUT2D eigenvalue weighted by atomic mass is 10.2. The van der Waals surface area contributed by atoms with Gasteiger partial charge in [-0.2, -0.15) is 5.10 Å². The number of amides is 2. The van der Waals surface area contributed by atoms with Gasteiger partial charge < -0.3 is 10.6 Å². The fourth-order valence-electron chi connectivity index (χ4n) is 3.08. The van der Waals surface area contributed by atoms with Gasteiger partial charge in [-0.1, -0.05) is 48.5 Å². The SMILES string of the molecule is CC(C)NC(=O)CN(C)CC(=O)Nc1cc(-c2ccccc2)nn1-c1ccccc1. The lowest BCUT2D eigenvalue weighted by molar-refractivity contribution is -0.123. The molecule has 2 aromatic carbocycles. The van der Waals surface area contributed by atoms with Crippen molar-refractivity contribution >= 4 is 17.6 Å². The van der Waals surface area contributed by atoms with E-state index in [2.05, 4.69) is 15.7 Å². The second kappa shape index (κ2) is 9.84. The number of anilines is 1. The minimum absolute atomic E-state index is 0.0661. The molecule has 1 heterocycles. The molecule has 3 aromatic rings. The van der Waals surface area contributed by atoms with Crippen molar-refractivity contribution in [2.45, 2.75) is 19.9 Å². The number of hydrogen-bond acceptors (Lipinski definition) is 4. The van der Waals surface area contributed by atoms with E-state index in [1.54, 1.807) is 16.6 Å². The lowest BCUT2D eigenvalue weighted by Gasteiger charge is -2.17. The Bertz CT molecular complexity index is 983. The summed E-state index contributed by atoms with van der Waals surface area (Å²) >= 11 is 0. The van der Waals surface area contributed by atoms with Gasteiger partial charge in [0.2, 0.25) is 11.8 Å². The molecule has 0 fully saturated rings. The first-order valence-corrected chi connectivity index (χ1v) is 9.91. The highest BCUT2D eigenvalue weighted by atomic mass is 16.2. The third-order valence-corrected chi connectivity index (χ3v) is 4.32. The number of carbonyl (C=O) groups is 2.